The molecular formula is C23H19N3OS. The van der Waals surface area contributed by atoms with E-state index in [0.29, 0.717) is 22.6 Å². The van der Waals surface area contributed by atoms with Crippen LogP contribution >= 0.6 is 11.8 Å². The fraction of sp³-hybridized carbons (Fsp3) is 0.0870. The molecule has 0 amide bonds. The highest BCUT2D eigenvalue weighted by Gasteiger charge is 2.12. The first-order valence-corrected chi connectivity index (χ1v) is 9.97. The maximum atomic E-state index is 13.1. The van der Waals surface area contributed by atoms with E-state index in [0.717, 1.165) is 17.0 Å². The van der Waals surface area contributed by atoms with Crippen LogP contribution < -0.4 is 5.56 Å². The number of rotatable bonds is 6. The van der Waals surface area contributed by atoms with Gasteiger partial charge in [0.2, 0.25) is 0 Å². The third-order valence-corrected chi connectivity index (χ3v) is 5.50. The molecule has 0 fully saturated rings. The van der Waals surface area contributed by atoms with Gasteiger partial charge >= 0.3 is 0 Å². The molecular weight excluding hydrogens is 366 g/mol. The van der Waals surface area contributed by atoms with E-state index in [1.54, 1.807) is 22.5 Å². The van der Waals surface area contributed by atoms with Crippen molar-refractivity contribution in [3.8, 4) is 0 Å². The van der Waals surface area contributed by atoms with Crippen LogP contribution in [0.3, 0.4) is 0 Å². The third kappa shape index (κ3) is 3.89. The number of nitrogens with zero attached hydrogens (tertiary/aromatic N) is 3. The zero-order valence-electron chi connectivity index (χ0n) is 15.3. The van der Waals surface area contributed by atoms with E-state index in [9.17, 15) is 4.79 Å². The van der Waals surface area contributed by atoms with Crippen molar-refractivity contribution in [2.75, 3.05) is 0 Å². The average Bonchev–Trinajstić information content (AvgIpc) is 2.75. The number of benzene rings is 2. The van der Waals surface area contributed by atoms with Gasteiger partial charge in [0.15, 0.2) is 5.16 Å². The Labute approximate surface area is 167 Å². The van der Waals surface area contributed by atoms with Crippen molar-refractivity contribution in [2.24, 2.45) is 0 Å². The summed E-state index contributed by atoms with van der Waals surface area (Å²) in [5.74, 6) is 0.727. The Balaban J connectivity index is 1.71. The molecule has 0 radical (unpaired) electrons. The van der Waals surface area contributed by atoms with Gasteiger partial charge in [-0.2, -0.15) is 0 Å². The Bertz CT molecular complexity index is 1170. The fourth-order valence-electron chi connectivity index (χ4n) is 2.95. The topological polar surface area (TPSA) is 47.8 Å². The summed E-state index contributed by atoms with van der Waals surface area (Å²) in [6.07, 6.45) is 3.56. The van der Waals surface area contributed by atoms with Gasteiger partial charge in [-0.15, -0.1) is 0 Å². The van der Waals surface area contributed by atoms with Crippen molar-refractivity contribution in [3.05, 3.63) is 107 Å². The summed E-state index contributed by atoms with van der Waals surface area (Å²) in [6.45, 7) is 4.18. The lowest BCUT2D eigenvalue weighted by Crippen LogP contribution is -2.24. The van der Waals surface area contributed by atoms with Crippen LogP contribution in [-0.4, -0.2) is 14.5 Å². The normalized spacial score (nSPS) is 10.9. The molecule has 4 aromatic rings. The lowest BCUT2D eigenvalue weighted by molar-refractivity contribution is 0.646. The molecule has 4 rings (SSSR count). The van der Waals surface area contributed by atoms with Crippen LogP contribution in [0.4, 0.5) is 0 Å². The maximum absolute atomic E-state index is 13.1. The van der Waals surface area contributed by atoms with Gasteiger partial charge in [-0.1, -0.05) is 66.9 Å². The predicted molar refractivity (Wildman–Crippen MR) is 115 cm³/mol. The summed E-state index contributed by atoms with van der Waals surface area (Å²) in [5.41, 5.74) is 3.76. The van der Waals surface area contributed by atoms with Crippen LogP contribution in [0.5, 0.6) is 0 Å². The zero-order valence-corrected chi connectivity index (χ0v) is 16.1. The van der Waals surface area contributed by atoms with Gasteiger partial charge in [-0.3, -0.25) is 14.3 Å². The molecule has 28 heavy (non-hydrogen) atoms. The van der Waals surface area contributed by atoms with E-state index in [-0.39, 0.29) is 5.56 Å². The first kappa shape index (κ1) is 18.2. The Morgan fingerprint density at radius 2 is 1.79 bits per heavy atom. The fourth-order valence-corrected chi connectivity index (χ4v) is 3.90. The lowest BCUT2D eigenvalue weighted by Gasteiger charge is -2.13. The van der Waals surface area contributed by atoms with E-state index < -0.39 is 0 Å². The van der Waals surface area contributed by atoms with E-state index in [1.807, 2.05) is 60.7 Å². The lowest BCUT2D eigenvalue weighted by atomic mass is 10.1. The monoisotopic (exact) mass is 385 g/mol. The molecule has 0 spiro atoms. The van der Waals surface area contributed by atoms with E-state index in [2.05, 4.69) is 23.7 Å². The van der Waals surface area contributed by atoms with E-state index in [1.165, 1.54) is 5.56 Å². The van der Waals surface area contributed by atoms with Crippen molar-refractivity contribution in [2.45, 2.75) is 17.5 Å². The van der Waals surface area contributed by atoms with Crippen LogP contribution in [0.15, 0.2) is 89.5 Å². The van der Waals surface area contributed by atoms with Crippen LogP contribution in [-0.2, 0) is 12.3 Å². The Kier molecular flexibility index (Phi) is 5.35. The number of thioether (sulfide) groups is 1. The largest absolute Gasteiger partial charge is 0.281 e. The minimum atomic E-state index is -0.0410. The Morgan fingerprint density at radius 3 is 2.54 bits per heavy atom. The summed E-state index contributed by atoms with van der Waals surface area (Å²) in [6, 6.07) is 21.4. The van der Waals surface area contributed by atoms with Crippen molar-refractivity contribution in [1.29, 1.82) is 0 Å². The van der Waals surface area contributed by atoms with Gasteiger partial charge < -0.3 is 0 Å². The minimum absolute atomic E-state index is 0.0410. The zero-order chi connectivity index (χ0) is 19.3. The predicted octanol–water partition coefficient (Wildman–Crippen LogP) is 4.78. The van der Waals surface area contributed by atoms with Gasteiger partial charge in [0.05, 0.1) is 23.1 Å². The van der Waals surface area contributed by atoms with Crippen LogP contribution in [0, 0.1) is 0 Å². The van der Waals surface area contributed by atoms with E-state index >= 15 is 0 Å². The molecule has 0 aliphatic heterocycles. The second-order valence-corrected chi connectivity index (χ2v) is 7.30. The molecule has 2 aromatic carbocycles. The molecule has 0 atom stereocenters. The van der Waals surface area contributed by atoms with Crippen molar-refractivity contribution < 1.29 is 0 Å². The summed E-state index contributed by atoms with van der Waals surface area (Å²) in [7, 11) is 0. The first-order valence-electron chi connectivity index (χ1n) is 8.98. The number of para-hydroxylation sites is 1. The average molecular weight is 385 g/mol. The molecule has 0 bridgehead atoms. The van der Waals surface area contributed by atoms with Gasteiger partial charge in [0.25, 0.3) is 5.56 Å². The maximum Gasteiger partial charge on any atom is 0.262 e. The quantitative estimate of drug-likeness (QED) is 0.354. The van der Waals surface area contributed by atoms with Crippen molar-refractivity contribution in [3.63, 3.8) is 0 Å². The standard InChI is InChI=1S/C23H19N3OS/c1-2-17-10-12-18(13-11-17)16-28-23-25-21-9-4-3-8-20(21)22(27)26(23)15-19-7-5-6-14-24-19/h2-14H,1,15-16H2. The first-order chi connectivity index (χ1) is 13.7. The van der Waals surface area contributed by atoms with Crippen LogP contribution in [0.1, 0.15) is 16.8 Å². The van der Waals surface area contributed by atoms with Crippen molar-refractivity contribution >= 4 is 28.7 Å². The van der Waals surface area contributed by atoms with Gasteiger partial charge in [-0.05, 0) is 35.4 Å². The SMILES string of the molecule is C=Cc1ccc(CSc2nc3ccccc3c(=O)n2Cc2ccccn2)cc1. The molecule has 2 heterocycles. The Hall–Kier alpha value is -3.18. The minimum Gasteiger partial charge on any atom is -0.281 e. The summed E-state index contributed by atoms with van der Waals surface area (Å²) in [4.78, 5) is 22.2. The highest BCUT2D eigenvalue weighted by Crippen LogP contribution is 2.23. The van der Waals surface area contributed by atoms with E-state index in [4.69, 9.17) is 4.98 Å². The number of fused-ring (bicyclic) bond motifs is 1. The number of hydrogen-bond donors (Lipinski definition) is 0. The highest BCUT2D eigenvalue weighted by molar-refractivity contribution is 7.98. The Morgan fingerprint density at radius 1 is 1.00 bits per heavy atom. The summed E-state index contributed by atoms with van der Waals surface area (Å²) < 4.78 is 1.72. The second kappa shape index (κ2) is 8.23. The third-order valence-electron chi connectivity index (χ3n) is 4.46. The van der Waals surface area contributed by atoms with Gasteiger partial charge in [0.1, 0.15) is 0 Å². The number of aromatic nitrogens is 3. The molecule has 0 saturated heterocycles. The molecule has 2 aromatic heterocycles. The summed E-state index contributed by atoms with van der Waals surface area (Å²) >= 11 is 1.56. The number of hydrogen-bond acceptors (Lipinski definition) is 4. The molecule has 0 aliphatic carbocycles. The smallest absolute Gasteiger partial charge is 0.262 e. The highest BCUT2D eigenvalue weighted by atomic mass is 32.2. The van der Waals surface area contributed by atoms with Crippen LogP contribution in [0.25, 0.3) is 17.0 Å². The molecule has 0 unspecified atom stereocenters. The van der Waals surface area contributed by atoms with Crippen LogP contribution in [0.2, 0.25) is 0 Å². The second-order valence-electron chi connectivity index (χ2n) is 6.36. The molecule has 5 heteroatoms. The molecule has 0 N–H and O–H groups in total. The number of pyridine rings is 1. The molecule has 138 valence electrons. The summed E-state index contributed by atoms with van der Waals surface area (Å²) in [5, 5.41) is 1.32. The molecule has 4 nitrogen and oxygen atoms in total. The van der Waals surface area contributed by atoms with Gasteiger partial charge in [0, 0.05) is 11.9 Å². The van der Waals surface area contributed by atoms with Gasteiger partial charge in [-0.25, -0.2) is 4.98 Å². The van der Waals surface area contributed by atoms with Crippen molar-refractivity contribution in [1.82, 2.24) is 14.5 Å². The molecule has 0 saturated carbocycles. The molecule has 0 aliphatic rings.